The van der Waals surface area contributed by atoms with Crippen LogP contribution in [0.15, 0.2) is 12.1 Å². The topological polar surface area (TPSA) is 54.1 Å². The summed E-state index contributed by atoms with van der Waals surface area (Å²) in [5, 5.41) is 0.744. The van der Waals surface area contributed by atoms with Crippen molar-refractivity contribution in [2.45, 2.75) is 13.5 Å². The predicted octanol–water partition coefficient (Wildman–Crippen LogP) is 1.79. The normalized spacial score (nSPS) is 15.0. The predicted molar refractivity (Wildman–Crippen MR) is 55.2 cm³/mol. The molecule has 0 atom stereocenters. The van der Waals surface area contributed by atoms with Crippen LogP contribution in [0, 0.1) is 12.7 Å². The number of hydrogen-bond acceptors (Lipinski definition) is 2. The molecule has 0 radical (unpaired) electrons. The number of aromatic nitrogens is 1. The molecular weight excluding hydrogens is 211 g/mol. The molecule has 1 aromatic carbocycles. The van der Waals surface area contributed by atoms with Crippen LogP contribution in [0.25, 0.3) is 10.9 Å². The standard InChI is InChI=1S/C11H9FN2O2/c1-5-8-4-16-14-11(15)7-2-6(12)3-9(13-5)10(7)8/h2-3,13H,4H2,1H3,(H,14,15). The van der Waals surface area contributed by atoms with Gasteiger partial charge in [0.2, 0.25) is 0 Å². The Morgan fingerprint density at radius 2 is 2.25 bits per heavy atom. The summed E-state index contributed by atoms with van der Waals surface area (Å²) in [4.78, 5) is 19.7. The van der Waals surface area contributed by atoms with Crippen LogP contribution in [0.4, 0.5) is 4.39 Å². The summed E-state index contributed by atoms with van der Waals surface area (Å²) < 4.78 is 13.3. The third-order valence-electron chi connectivity index (χ3n) is 2.81. The Kier molecular flexibility index (Phi) is 1.79. The van der Waals surface area contributed by atoms with E-state index in [1.165, 1.54) is 12.1 Å². The molecule has 2 heterocycles. The van der Waals surface area contributed by atoms with E-state index in [0.29, 0.717) is 11.1 Å². The highest BCUT2D eigenvalue weighted by atomic mass is 19.1. The zero-order chi connectivity index (χ0) is 11.3. The van der Waals surface area contributed by atoms with E-state index >= 15 is 0 Å². The Morgan fingerprint density at radius 1 is 1.44 bits per heavy atom. The van der Waals surface area contributed by atoms with E-state index in [2.05, 4.69) is 10.5 Å². The Balaban J connectivity index is 2.47. The van der Waals surface area contributed by atoms with Crippen LogP contribution in [-0.4, -0.2) is 10.9 Å². The van der Waals surface area contributed by atoms with E-state index in [-0.39, 0.29) is 6.61 Å². The molecule has 0 saturated carbocycles. The van der Waals surface area contributed by atoms with Gasteiger partial charge in [-0.3, -0.25) is 9.63 Å². The first-order valence-electron chi connectivity index (χ1n) is 4.89. The van der Waals surface area contributed by atoms with Crippen LogP contribution < -0.4 is 5.48 Å². The van der Waals surface area contributed by atoms with Gasteiger partial charge in [0.15, 0.2) is 0 Å². The number of carbonyl (C=O) groups excluding carboxylic acids is 1. The number of nitrogens with one attached hydrogen (secondary N) is 2. The van der Waals surface area contributed by atoms with E-state index in [0.717, 1.165) is 16.6 Å². The molecule has 1 aliphatic heterocycles. The fourth-order valence-electron chi connectivity index (χ4n) is 2.08. The van der Waals surface area contributed by atoms with Gasteiger partial charge < -0.3 is 4.98 Å². The summed E-state index contributed by atoms with van der Waals surface area (Å²) >= 11 is 0. The lowest BCUT2D eigenvalue weighted by Crippen LogP contribution is -2.21. The van der Waals surface area contributed by atoms with Gasteiger partial charge in [-0.05, 0) is 19.1 Å². The second kappa shape index (κ2) is 3.05. The number of amides is 1. The molecule has 0 saturated heterocycles. The van der Waals surface area contributed by atoms with Crippen molar-refractivity contribution in [1.82, 2.24) is 10.5 Å². The van der Waals surface area contributed by atoms with E-state index in [9.17, 15) is 9.18 Å². The molecule has 1 aliphatic rings. The number of H-pyrrole nitrogens is 1. The van der Waals surface area contributed by atoms with Crippen molar-refractivity contribution in [2.24, 2.45) is 0 Å². The molecule has 16 heavy (non-hydrogen) atoms. The van der Waals surface area contributed by atoms with Gasteiger partial charge in [-0.15, -0.1) is 0 Å². The van der Waals surface area contributed by atoms with E-state index in [4.69, 9.17) is 4.84 Å². The lowest BCUT2D eigenvalue weighted by molar-refractivity contribution is 0.0252. The summed E-state index contributed by atoms with van der Waals surface area (Å²) in [5.74, 6) is -0.852. The molecule has 82 valence electrons. The number of hydrogen-bond donors (Lipinski definition) is 2. The number of benzene rings is 1. The lowest BCUT2D eigenvalue weighted by Gasteiger charge is -2.01. The summed E-state index contributed by atoms with van der Waals surface area (Å²) in [7, 11) is 0. The van der Waals surface area contributed by atoms with Crippen LogP contribution in [0.3, 0.4) is 0 Å². The van der Waals surface area contributed by atoms with E-state index < -0.39 is 11.7 Å². The summed E-state index contributed by atoms with van der Waals surface area (Å²) in [6, 6.07) is 2.61. The molecule has 2 N–H and O–H groups in total. The molecule has 0 fully saturated rings. The number of rotatable bonds is 0. The Hall–Kier alpha value is -1.88. The van der Waals surface area contributed by atoms with Crippen LogP contribution >= 0.6 is 0 Å². The molecule has 1 aromatic heterocycles. The SMILES string of the molecule is Cc1[nH]c2cc(F)cc3c2c1CONC3=O. The molecule has 0 spiro atoms. The van der Waals surface area contributed by atoms with Crippen molar-refractivity contribution in [1.29, 1.82) is 0 Å². The molecule has 2 aromatic rings. The fraction of sp³-hybridized carbons (Fsp3) is 0.182. The second-order valence-corrected chi connectivity index (χ2v) is 3.82. The highest BCUT2D eigenvalue weighted by molar-refractivity contribution is 6.08. The molecule has 3 rings (SSSR count). The number of carbonyl (C=O) groups is 1. The highest BCUT2D eigenvalue weighted by Crippen LogP contribution is 2.29. The third kappa shape index (κ3) is 1.15. The molecule has 5 heteroatoms. The van der Waals surface area contributed by atoms with Gasteiger partial charge in [-0.25, -0.2) is 9.87 Å². The highest BCUT2D eigenvalue weighted by Gasteiger charge is 2.21. The van der Waals surface area contributed by atoms with Gasteiger partial charge in [-0.2, -0.15) is 0 Å². The third-order valence-corrected chi connectivity index (χ3v) is 2.81. The maximum absolute atomic E-state index is 13.3. The smallest absolute Gasteiger partial charge is 0.275 e. The number of aromatic amines is 1. The van der Waals surface area contributed by atoms with Crippen molar-refractivity contribution in [3.05, 3.63) is 34.8 Å². The molecule has 0 bridgehead atoms. The maximum Gasteiger partial charge on any atom is 0.275 e. The minimum atomic E-state index is -0.438. The van der Waals surface area contributed by atoms with Crippen molar-refractivity contribution < 1.29 is 14.0 Å². The van der Waals surface area contributed by atoms with Crippen molar-refractivity contribution in [3.63, 3.8) is 0 Å². The average Bonchev–Trinajstić information content (AvgIpc) is 2.42. The summed E-state index contributed by atoms with van der Waals surface area (Å²) in [6.07, 6.45) is 0. The van der Waals surface area contributed by atoms with Crippen molar-refractivity contribution in [3.8, 4) is 0 Å². The second-order valence-electron chi connectivity index (χ2n) is 3.82. The van der Waals surface area contributed by atoms with Gasteiger partial charge in [0.05, 0.1) is 5.56 Å². The van der Waals surface area contributed by atoms with Crippen LogP contribution in [0.5, 0.6) is 0 Å². The first kappa shape index (κ1) is 9.35. The molecule has 4 nitrogen and oxygen atoms in total. The van der Waals surface area contributed by atoms with Gasteiger partial charge >= 0.3 is 0 Å². The number of halogens is 1. The monoisotopic (exact) mass is 220 g/mol. The van der Waals surface area contributed by atoms with Crippen LogP contribution in [0.2, 0.25) is 0 Å². The van der Waals surface area contributed by atoms with Crippen molar-refractivity contribution >= 4 is 16.8 Å². The van der Waals surface area contributed by atoms with E-state index in [1.807, 2.05) is 6.92 Å². The Morgan fingerprint density at radius 3 is 3.06 bits per heavy atom. The molecule has 0 unspecified atom stereocenters. The maximum atomic E-state index is 13.3. The Labute approximate surface area is 90.4 Å². The molecule has 0 aliphatic carbocycles. The zero-order valence-corrected chi connectivity index (χ0v) is 8.56. The minimum absolute atomic E-state index is 0.288. The quantitative estimate of drug-likeness (QED) is 0.711. The fourth-order valence-corrected chi connectivity index (χ4v) is 2.08. The Bertz CT molecular complexity index is 604. The van der Waals surface area contributed by atoms with Crippen LogP contribution in [0.1, 0.15) is 21.6 Å². The van der Waals surface area contributed by atoms with Gasteiger partial charge in [0, 0.05) is 22.2 Å². The zero-order valence-electron chi connectivity index (χ0n) is 8.56. The van der Waals surface area contributed by atoms with Crippen LogP contribution in [-0.2, 0) is 11.4 Å². The first-order chi connectivity index (χ1) is 7.66. The average molecular weight is 220 g/mol. The largest absolute Gasteiger partial charge is 0.358 e. The summed E-state index contributed by atoms with van der Waals surface area (Å²) in [5.41, 5.74) is 4.99. The van der Waals surface area contributed by atoms with Gasteiger partial charge in [-0.1, -0.05) is 0 Å². The minimum Gasteiger partial charge on any atom is -0.358 e. The molecule has 1 amide bonds. The van der Waals surface area contributed by atoms with Gasteiger partial charge in [0.1, 0.15) is 12.4 Å². The first-order valence-corrected chi connectivity index (χ1v) is 4.89. The number of aryl methyl sites for hydroxylation is 1. The van der Waals surface area contributed by atoms with Gasteiger partial charge in [0.25, 0.3) is 5.91 Å². The lowest BCUT2D eigenvalue weighted by atomic mass is 10.0. The summed E-state index contributed by atoms with van der Waals surface area (Å²) in [6.45, 7) is 2.16. The van der Waals surface area contributed by atoms with Crippen molar-refractivity contribution in [2.75, 3.05) is 0 Å². The van der Waals surface area contributed by atoms with E-state index in [1.54, 1.807) is 0 Å². The number of hydroxylamine groups is 1. The molecular formula is C11H9FN2O2.